The second kappa shape index (κ2) is 5.37. The Labute approximate surface area is 141 Å². The summed E-state index contributed by atoms with van der Waals surface area (Å²) in [6.45, 7) is 13.8. The molecule has 0 aromatic heterocycles. The summed E-state index contributed by atoms with van der Waals surface area (Å²) >= 11 is 0. The molecule has 0 fully saturated rings. The van der Waals surface area contributed by atoms with Gasteiger partial charge >= 0.3 is 0 Å². The van der Waals surface area contributed by atoms with Gasteiger partial charge in [-0.05, 0) is 50.6 Å². The third-order valence-corrected chi connectivity index (χ3v) is 4.81. The smallest absolute Gasteiger partial charge is 0.00820 e. The summed E-state index contributed by atoms with van der Waals surface area (Å²) in [5.74, 6) is 0. The Kier molecular flexibility index (Phi) is 3.75. The first kappa shape index (κ1) is 16.1. The van der Waals surface area contributed by atoms with Crippen molar-refractivity contribution in [2.45, 2.75) is 58.8 Å². The van der Waals surface area contributed by atoms with Crippen LogP contribution in [0.2, 0.25) is 0 Å². The molecule has 0 atom stereocenters. The summed E-state index contributed by atoms with van der Waals surface area (Å²) in [6.07, 6.45) is 5.57. The lowest BCUT2D eigenvalue weighted by Gasteiger charge is -2.26. The Morgan fingerprint density at radius 1 is 0.783 bits per heavy atom. The van der Waals surface area contributed by atoms with Gasteiger partial charge in [0.2, 0.25) is 0 Å². The van der Waals surface area contributed by atoms with Crippen molar-refractivity contribution in [2.24, 2.45) is 0 Å². The highest BCUT2D eigenvalue weighted by Crippen LogP contribution is 2.37. The zero-order chi connectivity index (χ0) is 16.8. The Balaban J connectivity index is 2.22. The van der Waals surface area contributed by atoms with Gasteiger partial charge in [0, 0.05) is 0 Å². The third kappa shape index (κ3) is 3.13. The van der Waals surface area contributed by atoms with Crippen molar-refractivity contribution >= 4 is 6.08 Å². The van der Waals surface area contributed by atoms with Gasteiger partial charge in [0.05, 0.1) is 0 Å². The largest absolute Gasteiger partial charge is 0.0795 e. The molecule has 0 radical (unpaired) electrons. The van der Waals surface area contributed by atoms with E-state index in [-0.39, 0.29) is 10.8 Å². The van der Waals surface area contributed by atoms with Gasteiger partial charge in [-0.25, -0.2) is 0 Å². The van der Waals surface area contributed by atoms with Crippen molar-refractivity contribution in [1.29, 1.82) is 0 Å². The Hall–Kier alpha value is -1.82. The lowest BCUT2D eigenvalue weighted by atomic mass is 9.78. The van der Waals surface area contributed by atoms with Crippen molar-refractivity contribution in [2.75, 3.05) is 0 Å². The van der Waals surface area contributed by atoms with E-state index in [1.54, 1.807) is 0 Å². The zero-order valence-electron chi connectivity index (χ0n) is 15.3. The van der Waals surface area contributed by atoms with Crippen LogP contribution >= 0.6 is 0 Å². The fraction of sp³-hybridized carbons (Fsp3) is 0.391. The van der Waals surface area contributed by atoms with Crippen LogP contribution in [0.5, 0.6) is 0 Å². The van der Waals surface area contributed by atoms with Gasteiger partial charge in [-0.3, -0.25) is 0 Å². The second-order valence-corrected chi connectivity index (χ2v) is 8.78. The molecular formula is C23H28. The van der Waals surface area contributed by atoms with Gasteiger partial charge < -0.3 is 0 Å². The minimum atomic E-state index is 0.159. The predicted octanol–water partition coefficient (Wildman–Crippen LogP) is 6.52. The maximum atomic E-state index is 2.39. The van der Waals surface area contributed by atoms with E-state index in [0.29, 0.717) is 0 Å². The average Bonchev–Trinajstić information content (AvgIpc) is 2.93. The molecule has 0 amide bonds. The molecular weight excluding hydrogens is 276 g/mol. The molecule has 0 heterocycles. The number of rotatable bonds is 1. The van der Waals surface area contributed by atoms with Crippen molar-refractivity contribution in [3.8, 4) is 11.1 Å². The van der Waals surface area contributed by atoms with Gasteiger partial charge in [-0.15, -0.1) is 0 Å². The number of hydrogen-bond donors (Lipinski definition) is 0. The molecule has 0 unspecified atom stereocenters. The van der Waals surface area contributed by atoms with Gasteiger partial charge in [0.15, 0.2) is 0 Å². The normalized spacial score (nSPS) is 14.2. The molecule has 0 aliphatic heterocycles. The lowest BCUT2D eigenvalue weighted by Crippen LogP contribution is -2.16. The molecule has 0 N–H and O–H groups in total. The first-order chi connectivity index (χ1) is 10.7. The zero-order valence-corrected chi connectivity index (χ0v) is 15.3. The van der Waals surface area contributed by atoms with Crippen LogP contribution in [0.15, 0.2) is 42.5 Å². The van der Waals surface area contributed by atoms with Crippen molar-refractivity contribution < 1.29 is 0 Å². The fourth-order valence-corrected chi connectivity index (χ4v) is 3.21. The van der Waals surface area contributed by atoms with Crippen LogP contribution in [0.4, 0.5) is 0 Å². The van der Waals surface area contributed by atoms with Crippen LogP contribution in [0.1, 0.15) is 63.8 Å². The standard InChI is InChI=1S/C23H28/c1-22(2,3)18-13-17(14-19(15-18)23(4,5)6)21-12-8-10-16-9-7-11-20(16)21/h7-10,12-15H,11H2,1-6H3. The van der Waals surface area contributed by atoms with Gasteiger partial charge in [0.25, 0.3) is 0 Å². The summed E-state index contributed by atoms with van der Waals surface area (Å²) in [7, 11) is 0. The monoisotopic (exact) mass is 304 g/mol. The highest BCUT2D eigenvalue weighted by Gasteiger charge is 2.22. The molecule has 0 saturated heterocycles. The van der Waals surface area contributed by atoms with Crippen LogP contribution in [0.25, 0.3) is 17.2 Å². The molecule has 3 rings (SSSR count). The highest BCUT2D eigenvalue weighted by atomic mass is 14.3. The first-order valence-corrected chi connectivity index (χ1v) is 8.61. The molecule has 0 bridgehead atoms. The maximum Gasteiger partial charge on any atom is -0.00820 e. The highest BCUT2D eigenvalue weighted by molar-refractivity contribution is 5.76. The molecule has 1 aliphatic rings. The first-order valence-electron chi connectivity index (χ1n) is 8.61. The molecule has 1 aliphatic carbocycles. The van der Waals surface area contributed by atoms with Crippen molar-refractivity contribution in [3.63, 3.8) is 0 Å². The number of fused-ring (bicyclic) bond motifs is 1. The summed E-state index contributed by atoms with van der Waals surface area (Å²) in [4.78, 5) is 0. The number of hydrogen-bond acceptors (Lipinski definition) is 0. The van der Waals surface area contributed by atoms with E-state index in [1.165, 1.54) is 33.4 Å². The van der Waals surface area contributed by atoms with Crippen molar-refractivity contribution in [1.82, 2.24) is 0 Å². The van der Waals surface area contributed by atoms with E-state index in [9.17, 15) is 0 Å². The molecule has 0 spiro atoms. The number of benzene rings is 2. The molecule has 0 saturated carbocycles. The molecule has 120 valence electrons. The van der Waals surface area contributed by atoms with E-state index in [2.05, 4.69) is 90.1 Å². The molecule has 23 heavy (non-hydrogen) atoms. The Morgan fingerprint density at radius 3 is 1.96 bits per heavy atom. The SMILES string of the molecule is CC(C)(C)c1cc(-c2cccc3c2CC=C3)cc(C(C)(C)C)c1. The minimum Gasteiger partial charge on any atom is -0.0795 e. The minimum absolute atomic E-state index is 0.159. The predicted molar refractivity (Wildman–Crippen MR) is 102 cm³/mol. The molecule has 2 aromatic rings. The third-order valence-electron chi connectivity index (χ3n) is 4.81. The van der Waals surface area contributed by atoms with Crippen LogP contribution in [0, 0.1) is 0 Å². The topological polar surface area (TPSA) is 0 Å². The Bertz CT molecular complexity index is 729. The van der Waals surface area contributed by atoms with Crippen LogP contribution in [-0.4, -0.2) is 0 Å². The second-order valence-electron chi connectivity index (χ2n) is 8.78. The summed E-state index contributed by atoms with van der Waals surface area (Å²) in [5.41, 5.74) is 8.76. The van der Waals surface area contributed by atoms with E-state index < -0.39 is 0 Å². The summed E-state index contributed by atoms with van der Waals surface area (Å²) in [6, 6.07) is 13.9. The van der Waals surface area contributed by atoms with Crippen molar-refractivity contribution in [3.05, 3.63) is 64.7 Å². The number of allylic oxidation sites excluding steroid dienone is 1. The van der Waals surface area contributed by atoms with E-state index in [4.69, 9.17) is 0 Å². The van der Waals surface area contributed by atoms with Gasteiger partial charge in [-0.2, -0.15) is 0 Å². The van der Waals surface area contributed by atoms with Crippen LogP contribution < -0.4 is 0 Å². The van der Waals surface area contributed by atoms with E-state index in [0.717, 1.165) is 6.42 Å². The average molecular weight is 304 g/mol. The summed E-state index contributed by atoms with van der Waals surface area (Å²) < 4.78 is 0. The Morgan fingerprint density at radius 2 is 1.39 bits per heavy atom. The summed E-state index contributed by atoms with van der Waals surface area (Å²) in [5, 5.41) is 0. The van der Waals surface area contributed by atoms with Gasteiger partial charge in [-0.1, -0.05) is 90.1 Å². The molecule has 0 heteroatoms. The maximum absolute atomic E-state index is 2.39. The van der Waals surface area contributed by atoms with Gasteiger partial charge in [0.1, 0.15) is 0 Å². The molecule has 0 nitrogen and oxygen atoms in total. The molecule has 2 aromatic carbocycles. The lowest BCUT2D eigenvalue weighted by molar-refractivity contribution is 0.569. The van der Waals surface area contributed by atoms with Crippen LogP contribution in [0.3, 0.4) is 0 Å². The quantitative estimate of drug-likeness (QED) is 0.562. The van der Waals surface area contributed by atoms with E-state index >= 15 is 0 Å². The van der Waals surface area contributed by atoms with Crippen LogP contribution in [-0.2, 0) is 17.3 Å². The fourth-order valence-electron chi connectivity index (χ4n) is 3.21. The van der Waals surface area contributed by atoms with E-state index in [1.807, 2.05) is 0 Å².